The molecule has 2 rings (SSSR count). The fraction of sp³-hybridized carbons (Fsp3) is 0.667. The molecule has 4 atom stereocenters. The van der Waals surface area contributed by atoms with Crippen LogP contribution in [0.1, 0.15) is 44.1 Å². The van der Waals surface area contributed by atoms with E-state index in [1.165, 1.54) is 0 Å². The summed E-state index contributed by atoms with van der Waals surface area (Å²) in [7, 11) is 0. The summed E-state index contributed by atoms with van der Waals surface area (Å²) in [4.78, 5) is 3.89. The van der Waals surface area contributed by atoms with Gasteiger partial charge >= 0.3 is 6.18 Å². The molecule has 0 spiro atoms. The van der Waals surface area contributed by atoms with Gasteiger partial charge in [0.1, 0.15) is 0 Å². The van der Waals surface area contributed by atoms with Gasteiger partial charge in [-0.2, -0.15) is 13.2 Å². The van der Waals surface area contributed by atoms with E-state index in [4.69, 9.17) is 0 Å². The van der Waals surface area contributed by atoms with E-state index >= 15 is 0 Å². The topological polar surface area (TPSA) is 33.1 Å². The minimum atomic E-state index is -4.22. The molecule has 1 aliphatic rings. The van der Waals surface area contributed by atoms with Crippen LogP contribution in [-0.4, -0.2) is 22.4 Å². The molecule has 1 aliphatic carbocycles. The lowest BCUT2D eigenvalue weighted by Crippen LogP contribution is -2.41. The molecule has 4 unspecified atom stereocenters. The molecular formula is C15H20F3NO. The first-order valence-electron chi connectivity index (χ1n) is 7.06. The second kappa shape index (κ2) is 6.12. The summed E-state index contributed by atoms with van der Waals surface area (Å²) < 4.78 is 39.3. The lowest BCUT2D eigenvalue weighted by molar-refractivity contribution is -0.207. The standard InChI is InChI=1S/C15H20F3NO/c1-10(11-6-8-19-9-7-11)14(20)12-4-2-3-5-13(12)15(16,17)18/h6-10,12-14,20H,2-5H2,1H3. The summed E-state index contributed by atoms with van der Waals surface area (Å²) in [5.74, 6) is -2.39. The molecule has 112 valence electrons. The lowest BCUT2D eigenvalue weighted by Gasteiger charge is -2.38. The van der Waals surface area contributed by atoms with Gasteiger partial charge in [-0.05, 0) is 36.5 Å². The Morgan fingerprint density at radius 3 is 2.40 bits per heavy atom. The molecule has 1 aromatic heterocycles. The molecule has 20 heavy (non-hydrogen) atoms. The Morgan fingerprint density at radius 2 is 1.80 bits per heavy atom. The van der Waals surface area contributed by atoms with Crippen molar-refractivity contribution in [3.63, 3.8) is 0 Å². The molecule has 0 aliphatic heterocycles. The van der Waals surface area contributed by atoms with Gasteiger partial charge < -0.3 is 5.11 Å². The summed E-state index contributed by atoms with van der Waals surface area (Å²) in [6.07, 6.45) is -0.0567. The smallest absolute Gasteiger partial charge is 0.392 e. The molecule has 2 nitrogen and oxygen atoms in total. The Bertz CT molecular complexity index is 421. The molecule has 0 radical (unpaired) electrons. The van der Waals surface area contributed by atoms with Gasteiger partial charge in [0.15, 0.2) is 0 Å². The van der Waals surface area contributed by atoms with Crippen molar-refractivity contribution in [1.82, 2.24) is 4.98 Å². The van der Waals surface area contributed by atoms with Gasteiger partial charge in [-0.15, -0.1) is 0 Å². The number of alkyl halides is 3. The zero-order chi connectivity index (χ0) is 14.8. The number of nitrogens with zero attached hydrogens (tertiary/aromatic N) is 1. The molecule has 1 fully saturated rings. The average Bonchev–Trinajstić information content (AvgIpc) is 2.46. The number of rotatable bonds is 3. The molecule has 0 aromatic carbocycles. The largest absolute Gasteiger partial charge is 0.392 e. The first-order chi connectivity index (χ1) is 9.41. The molecule has 1 heterocycles. The highest BCUT2D eigenvalue weighted by atomic mass is 19.4. The van der Waals surface area contributed by atoms with Gasteiger partial charge in [0.2, 0.25) is 0 Å². The number of hydrogen-bond acceptors (Lipinski definition) is 2. The third-order valence-corrected chi connectivity index (χ3v) is 4.42. The molecule has 0 saturated heterocycles. The van der Waals surface area contributed by atoms with Crippen molar-refractivity contribution in [2.45, 2.75) is 50.8 Å². The van der Waals surface area contributed by atoms with E-state index in [1.807, 2.05) is 0 Å². The van der Waals surface area contributed by atoms with Crippen molar-refractivity contribution >= 4 is 0 Å². The summed E-state index contributed by atoms with van der Waals surface area (Å²) in [6, 6.07) is 3.50. The van der Waals surface area contributed by atoms with Crippen LogP contribution in [0.25, 0.3) is 0 Å². The number of halogens is 3. The van der Waals surface area contributed by atoms with Crippen LogP contribution in [0.15, 0.2) is 24.5 Å². The van der Waals surface area contributed by atoms with Gasteiger partial charge in [-0.1, -0.05) is 19.8 Å². The number of pyridine rings is 1. The van der Waals surface area contributed by atoms with Crippen molar-refractivity contribution < 1.29 is 18.3 Å². The maximum atomic E-state index is 13.1. The Kier molecular flexibility index (Phi) is 4.68. The van der Waals surface area contributed by atoms with Crippen LogP contribution in [0, 0.1) is 11.8 Å². The number of aliphatic hydroxyl groups is 1. The molecule has 1 aromatic rings. The van der Waals surface area contributed by atoms with Gasteiger partial charge in [0.05, 0.1) is 12.0 Å². The van der Waals surface area contributed by atoms with E-state index in [1.54, 1.807) is 31.5 Å². The predicted molar refractivity (Wildman–Crippen MR) is 70.2 cm³/mol. The fourth-order valence-electron chi connectivity index (χ4n) is 3.21. The maximum absolute atomic E-state index is 13.1. The monoisotopic (exact) mass is 287 g/mol. The van der Waals surface area contributed by atoms with Gasteiger partial charge in [-0.25, -0.2) is 0 Å². The van der Waals surface area contributed by atoms with Gasteiger partial charge in [0, 0.05) is 18.3 Å². The van der Waals surface area contributed by atoms with Crippen LogP contribution in [0.5, 0.6) is 0 Å². The van der Waals surface area contributed by atoms with E-state index in [9.17, 15) is 18.3 Å². The van der Waals surface area contributed by atoms with E-state index in [2.05, 4.69) is 4.98 Å². The lowest BCUT2D eigenvalue weighted by atomic mass is 9.72. The summed E-state index contributed by atoms with van der Waals surface area (Å²) >= 11 is 0. The highest BCUT2D eigenvalue weighted by Crippen LogP contribution is 2.45. The third kappa shape index (κ3) is 3.32. The molecular weight excluding hydrogens is 267 g/mol. The first-order valence-corrected chi connectivity index (χ1v) is 7.06. The van der Waals surface area contributed by atoms with Crippen molar-refractivity contribution in [3.8, 4) is 0 Å². The summed E-state index contributed by atoms with van der Waals surface area (Å²) in [5, 5.41) is 10.4. The Hall–Kier alpha value is -1.10. The minimum Gasteiger partial charge on any atom is -0.392 e. The minimum absolute atomic E-state index is 0.133. The van der Waals surface area contributed by atoms with Crippen molar-refractivity contribution in [3.05, 3.63) is 30.1 Å². The van der Waals surface area contributed by atoms with Crippen LogP contribution in [0.2, 0.25) is 0 Å². The maximum Gasteiger partial charge on any atom is 0.392 e. The molecule has 0 bridgehead atoms. The van der Waals surface area contributed by atoms with Crippen LogP contribution in [0.3, 0.4) is 0 Å². The first kappa shape index (κ1) is 15.3. The van der Waals surface area contributed by atoms with E-state index in [-0.39, 0.29) is 12.3 Å². The highest BCUT2D eigenvalue weighted by Gasteiger charge is 2.48. The average molecular weight is 287 g/mol. The fourth-order valence-corrected chi connectivity index (χ4v) is 3.21. The second-order valence-corrected chi connectivity index (χ2v) is 5.66. The molecule has 1 N–H and O–H groups in total. The van der Waals surface area contributed by atoms with E-state index in [0.29, 0.717) is 12.8 Å². The summed E-state index contributed by atoms with van der Waals surface area (Å²) in [5.41, 5.74) is 0.832. The zero-order valence-corrected chi connectivity index (χ0v) is 11.5. The number of aliphatic hydroxyl groups excluding tert-OH is 1. The van der Waals surface area contributed by atoms with Gasteiger partial charge in [0.25, 0.3) is 0 Å². The van der Waals surface area contributed by atoms with E-state index < -0.39 is 24.1 Å². The Labute approximate surface area is 117 Å². The number of aromatic nitrogens is 1. The molecule has 5 heteroatoms. The van der Waals surface area contributed by atoms with Crippen molar-refractivity contribution in [2.75, 3.05) is 0 Å². The van der Waals surface area contributed by atoms with Crippen LogP contribution in [0.4, 0.5) is 13.2 Å². The molecule has 0 amide bonds. The predicted octanol–water partition coefficient (Wildman–Crippen LogP) is 3.91. The normalized spacial score (nSPS) is 27.1. The number of hydrogen-bond donors (Lipinski definition) is 1. The van der Waals surface area contributed by atoms with E-state index in [0.717, 1.165) is 12.0 Å². The second-order valence-electron chi connectivity index (χ2n) is 5.66. The Balaban J connectivity index is 2.15. The zero-order valence-electron chi connectivity index (χ0n) is 11.5. The van der Waals surface area contributed by atoms with Gasteiger partial charge in [-0.3, -0.25) is 4.98 Å². The van der Waals surface area contributed by atoms with Crippen LogP contribution >= 0.6 is 0 Å². The molecule has 1 saturated carbocycles. The van der Waals surface area contributed by atoms with Crippen molar-refractivity contribution in [2.24, 2.45) is 11.8 Å². The SMILES string of the molecule is CC(c1ccncc1)C(O)C1CCCCC1C(F)(F)F. The van der Waals surface area contributed by atoms with Crippen LogP contribution in [-0.2, 0) is 0 Å². The third-order valence-electron chi connectivity index (χ3n) is 4.42. The Morgan fingerprint density at radius 1 is 1.20 bits per heavy atom. The highest BCUT2D eigenvalue weighted by molar-refractivity contribution is 5.17. The van der Waals surface area contributed by atoms with Crippen LogP contribution < -0.4 is 0 Å². The quantitative estimate of drug-likeness (QED) is 0.914. The van der Waals surface area contributed by atoms with Crippen molar-refractivity contribution in [1.29, 1.82) is 0 Å². The summed E-state index contributed by atoms with van der Waals surface area (Å²) in [6.45, 7) is 1.78.